The fourth-order valence-corrected chi connectivity index (χ4v) is 5.98. The number of fused-ring (bicyclic) bond motifs is 1. The number of carbonyl (C=O) groups is 1. The lowest BCUT2D eigenvalue weighted by Gasteiger charge is -2.09. The molecule has 0 bridgehead atoms. The zero-order valence-electron chi connectivity index (χ0n) is 17.4. The van der Waals surface area contributed by atoms with E-state index < -0.39 is 28.1 Å². The Morgan fingerprint density at radius 1 is 1.06 bits per heavy atom. The molecule has 0 N–H and O–H groups in total. The zero-order valence-corrected chi connectivity index (χ0v) is 19.1. The Hall–Kier alpha value is -3.57. The van der Waals surface area contributed by atoms with E-state index in [-0.39, 0.29) is 4.21 Å². The summed E-state index contributed by atoms with van der Waals surface area (Å²) >= 11 is 0.935. The zero-order chi connectivity index (χ0) is 24.5. The van der Waals surface area contributed by atoms with Crippen molar-refractivity contribution in [1.82, 2.24) is 3.97 Å². The fraction of sp³-hybridized carbons (Fsp3) is 0.0870. The smallest absolute Gasteiger partial charge is 0.466 e. The van der Waals surface area contributed by atoms with E-state index in [1.165, 1.54) is 49.7 Å². The van der Waals surface area contributed by atoms with Crippen LogP contribution in [0.4, 0.5) is 13.2 Å². The number of methoxy groups -OCH3 is 1. The predicted octanol–water partition coefficient (Wildman–Crippen LogP) is 5.69. The van der Waals surface area contributed by atoms with Crippen molar-refractivity contribution in [2.24, 2.45) is 0 Å². The maximum Gasteiger partial charge on any atom is 0.573 e. The molecule has 0 saturated heterocycles. The van der Waals surface area contributed by atoms with Crippen LogP contribution in [0.2, 0.25) is 0 Å². The minimum Gasteiger partial charge on any atom is -0.466 e. The largest absolute Gasteiger partial charge is 0.573 e. The third-order valence-corrected chi connectivity index (χ3v) is 8.03. The summed E-state index contributed by atoms with van der Waals surface area (Å²) in [4.78, 5) is 11.7. The van der Waals surface area contributed by atoms with Crippen molar-refractivity contribution >= 4 is 44.3 Å². The van der Waals surface area contributed by atoms with Crippen LogP contribution >= 0.6 is 11.3 Å². The summed E-state index contributed by atoms with van der Waals surface area (Å²) in [5.41, 5.74) is 1.52. The molecule has 176 valence electrons. The molecule has 4 aromatic rings. The number of ether oxygens (including phenoxy) is 2. The molecule has 6 nitrogen and oxygen atoms in total. The summed E-state index contributed by atoms with van der Waals surface area (Å²) in [5, 5.41) is 0.643. The van der Waals surface area contributed by atoms with Crippen molar-refractivity contribution in [3.8, 4) is 16.2 Å². The Morgan fingerprint density at radius 3 is 2.59 bits per heavy atom. The van der Waals surface area contributed by atoms with Crippen LogP contribution in [0.5, 0.6) is 5.75 Å². The summed E-state index contributed by atoms with van der Waals surface area (Å²) in [6.07, 6.45) is -0.589. The minimum absolute atomic E-state index is 0.0248. The maximum absolute atomic E-state index is 13.3. The second-order valence-corrected chi connectivity index (χ2v) is 10.1. The Kier molecular flexibility index (Phi) is 6.24. The number of carbonyl (C=O) groups excluding carboxylic acids is 1. The third kappa shape index (κ3) is 5.00. The van der Waals surface area contributed by atoms with Gasteiger partial charge in [-0.05, 0) is 59.7 Å². The molecule has 11 heteroatoms. The van der Waals surface area contributed by atoms with Crippen LogP contribution < -0.4 is 4.74 Å². The van der Waals surface area contributed by atoms with E-state index >= 15 is 0 Å². The third-order valence-electron chi connectivity index (χ3n) is 4.74. The Balaban J connectivity index is 1.64. The van der Waals surface area contributed by atoms with Gasteiger partial charge in [0.1, 0.15) is 9.96 Å². The quantitative estimate of drug-likeness (QED) is 0.248. The van der Waals surface area contributed by atoms with Gasteiger partial charge in [-0.25, -0.2) is 8.77 Å². The summed E-state index contributed by atoms with van der Waals surface area (Å²) in [6, 6.07) is 14.9. The van der Waals surface area contributed by atoms with Crippen LogP contribution in [-0.4, -0.2) is 31.8 Å². The number of hydrogen-bond donors (Lipinski definition) is 0. The van der Waals surface area contributed by atoms with E-state index in [0.29, 0.717) is 26.9 Å². The number of rotatable bonds is 6. The second kappa shape index (κ2) is 8.99. The highest BCUT2D eigenvalue weighted by atomic mass is 32.2. The first-order chi connectivity index (χ1) is 16.1. The lowest BCUT2D eigenvalue weighted by molar-refractivity contribution is -0.274. The van der Waals surface area contributed by atoms with Gasteiger partial charge in [-0.3, -0.25) is 0 Å². The highest BCUT2D eigenvalue weighted by Crippen LogP contribution is 2.35. The highest BCUT2D eigenvalue weighted by Gasteiger charge is 2.31. The molecule has 0 unspecified atom stereocenters. The van der Waals surface area contributed by atoms with Gasteiger partial charge in [0.2, 0.25) is 0 Å². The molecule has 0 aliphatic carbocycles. The van der Waals surface area contributed by atoms with E-state index in [4.69, 9.17) is 0 Å². The molecule has 34 heavy (non-hydrogen) atoms. The van der Waals surface area contributed by atoms with Gasteiger partial charge in [-0.1, -0.05) is 18.2 Å². The monoisotopic (exact) mass is 507 g/mol. The lowest BCUT2D eigenvalue weighted by atomic mass is 10.1. The van der Waals surface area contributed by atoms with Gasteiger partial charge in [0.05, 0.1) is 12.6 Å². The van der Waals surface area contributed by atoms with Gasteiger partial charge in [-0.2, -0.15) is 8.42 Å². The van der Waals surface area contributed by atoms with Crippen molar-refractivity contribution in [3.63, 3.8) is 0 Å². The number of thiophene rings is 1. The number of benzene rings is 2. The van der Waals surface area contributed by atoms with Crippen LogP contribution in [0, 0.1) is 0 Å². The molecular formula is C23H16F3NO5S2. The molecule has 0 fully saturated rings. The molecule has 0 saturated carbocycles. The molecule has 2 aromatic heterocycles. The van der Waals surface area contributed by atoms with E-state index in [2.05, 4.69) is 9.47 Å². The number of hydrogen-bond acceptors (Lipinski definition) is 6. The fourth-order valence-electron chi connectivity index (χ4n) is 3.24. The first kappa shape index (κ1) is 23.6. The van der Waals surface area contributed by atoms with Crippen molar-refractivity contribution < 1.29 is 35.9 Å². The molecule has 4 rings (SSSR count). The van der Waals surface area contributed by atoms with Gasteiger partial charge < -0.3 is 9.47 Å². The summed E-state index contributed by atoms with van der Waals surface area (Å²) in [6.45, 7) is 0. The SMILES string of the molecule is COC(=O)C=Cc1ccc2c(ccn2S(=O)(=O)c2ccc(-c3cccc(OC(F)(F)F)c3)s2)c1. The summed E-state index contributed by atoms with van der Waals surface area (Å²) < 4.78 is 73.7. The van der Waals surface area contributed by atoms with Crippen LogP contribution in [-0.2, 0) is 19.6 Å². The topological polar surface area (TPSA) is 74.6 Å². The van der Waals surface area contributed by atoms with Crippen molar-refractivity contribution in [3.05, 3.63) is 78.5 Å². The second-order valence-electron chi connectivity index (χ2n) is 6.99. The van der Waals surface area contributed by atoms with Crippen LogP contribution in [0.15, 0.2) is 77.1 Å². The molecule has 0 aliphatic heterocycles. The normalized spacial score (nSPS) is 12.4. The highest BCUT2D eigenvalue weighted by molar-refractivity contribution is 7.92. The number of alkyl halides is 3. The first-order valence-electron chi connectivity index (χ1n) is 9.65. The minimum atomic E-state index is -4.83. The number of aromatic nitrogens is 1. The molecule has 0 amide bonds. The van der Waals surface area contributed by atoms with Gasteiger partial charge in [0.25, 0.3) is 10.0 Å². The Bertz CT molecular complexity index is 1500. The molecule has 0 spiro atoms. The molecule has 0 aliphatic rings. The molecule has 0 radical (unpaired) electrons. The van der Waals surface area contributed by atoms with E-state index in [1.807, 2.05) is 0 Å². The van der Waals surface area contributed by atoms with Crippen molar-refractivity contribution in [2.75, 3.05) is 7.11 Å². The van der Waals surface area contributed by atoms with Crippen LogP contribution in [0.25, 0.3) is 27.4 Å². The standard InChI is InChI=1S/C23H16F3NO5S2/c1-31-21(28)9-6-15-5-7-19-16(13-15)11-12-27(19)34(29,30)22-10-8-20(33-22)17-3-2-4-18(14-17)32-23(24,25)26/h2-14H,1H3. The van der Waals surface area contributed by atoms with E-state index in [1.54, 1.807) is 36.4 Å². The average Bonchev–Trinajstić information content (AvgIpc) is 3.44. The number of esters is 1. The predicted molar refractivity (Wildman–Crippen MR) is 122 cm³/mol. The van der Waals surface area contributed by atoms with Gasteiger partial charge in [0.15, 0.2) is 0 Å². The summed E-state index contributed by atoms with van der Waals surface area (Å²) in [7, 11) is -2.69. The van der Waals surface area contributed by atoms with Crippen LogP contribution in [0.3, 0.4) is 0 Å². The van der Waals surface area contributed by atoms with Crippen molar-refractivity contribution in [1.29, 1.82) is 0 Å². The number of halogens is 3. The lowest BCUT2D eigenvalue weighted by Crippen LogP contribution is -2.17. The maximum atomic E-state index is 13.3. The molecule has 2 heterocycles. The van der Waals surface area contributed by atoms with Crippen molar-refractivity contribution in [2.45, 2.75) is 10.6 Å². The van der Waals surface area contributed by atoms with Gasteiger partial charge in [-0.15, -0.1) is 24.5 Å². The van der Waals surface area contributed by atoms with Gasteiger partial charge >= 0.3 is 12.3 Å². The Morgan fingerprint density at radius 2 is 1.85 bits per heavy atom. The van der Waals surface area contributed by atoms with E-state index in [9.17, 15) is 26.4 Å². The van der Waals surface area contributed by atoms with Gasteiger partial charge in [0, 0.05) is 22.5 Å². The number of nitrogens with zero attached hydrogens (tertiary/aromatic N) is 1. The molecule has 2 aromatic carbocycles. The molecular weight excluding hydrogens is 491 g/mol. The average molecular weight is 508 g/mol. The Labute approximate surface area is 196 Å². The van der Waals surface area contributed by atoms with E-state index in [0.717, 1.165) is 15.3 Å². The van der Waals surface area contributed by atoms with Crippen LogP contribution in [0.1, 0.15) is 5.56 Å². The first-order valence-corrected chi connectivity index (χ1v) is 11.9. The summed E-state index contributed by atoms with van der Waals surface area (Å²) in [5.74, 6) is -0.902. The molecule has 0 atom stereocenters.